The molecular formula is C23H22F2N2O6. The standard InChI is InChI=1S/C23H22F2N2O6/c1-27(13-15-8-9-18(30-2)20(11-15)33-23(24)25)21(28)14-32-17-6-3-5-16(12-17)26-22(29)19-7-4-10-31-19/h3-12,23H,13-14H2,1-2H3,(H,26,29). The largest absolute Gasteiger partial charge is 0.493 e. The molecule has 3 aromatic rings. The quantitative estimate of drug-likeness (QED) is 0.488. The first-order valence-corrected chi connectivity index (χ1v) is 9.79. The summed E-state index contributed by atoms with van der Waals surface area (Å²) in [4.78, 5) is 25.9. The maximum atomic E-state index is 12.6. The van der Waals surface area contributed by atoms with Crippen molar-refractivity contribution < 1.29 is 37.0 Å². The molecule has 33 heavy (non-hydrogen) atoms. The summed E-state index contributed by atoms with van der Waals surface area (Å²) in [7, 11) is 2.90. The van der Waals surface area contributed by atoms with E-state index < -0.39 is 12.5 Å². The molecule has 0 spiro atoms. The molecule has 0 aliphatic carbocycles. The van der Waals surface area contributed by atoms with Crippen LogP contribution in [0.5, 0.6) is 17.2 Å². The number of carbonyl (C=O) groups excluding carboxylic acids is 2. The Balaban J connectivity index is 1.56. The van der Waals surface area contributed by atoms with Crippen molar-refractivity contribution in [1.82, 2.24) is 4.90 Å². The number of amides is 2. The van der Waals surface area contributed by atoms with Crippen LogP contribution in [0.25, 0.3) is 0 Å². The van der Waals surface area contributed by atoms with E-state index in [1.54, 1.807) is 43.4 Å². The fraction of sp³-hybridized carbons (Fsp3) is 0.217. The summed E-state index contributed by atoms with van der Waals surface area (Å²) in [5.74, 6) is -0.162. The Morgan fingerprint density at radius 3 is 2.61 bits per heavy atom. The third kappa shape index (κ3) is 6.70. The van der Waals surface area contributed by atoms with E-state index in [-0.39, 0.29) is 36.3 Å². The summed E-state index contributed by atoms with van der Waals surface area (Å²) in [5, 5.41) is 2.67. The number of furan rings is 1. The number of likely N-dealkylation sites (N-methyl/N-ethyl adjacent to an activating group) is 1. The average molecular weight is 460 g/mol. The Kier molecular flexibility index (Phi) is 7.85. The number of halogens is 2. The van der Waals surface area contributed by atoms with E-state index in [2.05, 4.69) is 10.1 Å². The fourth-order valence-electron chi connectivity index (χ4n) is 2.89. The number of hydrogen-bond acceptors (Lipinski definition) is 6. The first-order valence-electron chi connectivity index (χ1n) is 9.79. The number of nitrogens with one attached hydrogen (secondary N) is 1. The molecule has 3 rings (SSSR count). The summed E-state index contributed by atoms with van der Waals surface area (Å²) in [6, 6.07) is 14.2. The van der Waals surface area contributed by atoms with E-state index in [1.165, 1.54) is 36.5 Å². The van der Waals surface area contributed by atoms with Gasteiger partial charge in [-0.3, -0.25) is 9.59 Å². The lowest BCUT2D eigenvalue weighted by atomic mass is 10.2. The van der Waals surface area contributed by atoms with Crippen LogP contribution >= 0.6 is 0 Å². The lowest BCUT2D eigenvalue weighted by molar-refractivity contribution is -0.132. The topological polar surface area (TPSA) is 90.2 Å². The number of nitrogens with zero attached hydrogens (tertiary/aromatic N) is 1. The van der Waals surface area contributed by atoms with Gasteiger partial charge in [0.05, 0.1) is 13.4 Å². The molecule has 0 aliphatic rings. The minimum atomic E-state index is -3.00. The monoisotopic (exact) mass is 460 g/mol. The minimum Gasteiger partial charge on any atom is -0.493 e. The number of benzene rings is 2. The van der Waals surface area contributed by atoms with Crippen molar-refractivity contribution in [1.29, 1.82) is 0 Å². The number of hydrogen-bond donors (Lipinski definition) is 1. The molecule has 0 bridgehead atoms. The molecule has 10 heteroatoms. The van der Waals surface area contributed by atoms with Crippen LogP contribution in [0.1, 0.15) is 16.1 Å². The highest BCUT2D eigenvalue weighted by atomic mass is 19.3. The maximum Gasteiger partial charge on any atom is 0.387 e. The number of ether oxygens (including phenoxy) is 3. The van der Waals surface area contributed by atoms with Gasteiger partial charge in [-0.1, -0.05) is 12.1 Å². The van der Waals surface area contributed by atoms with Gasteiger partial charge < -0.3 is 28.8 Å². The Morgan fingerprint density at radius 1 is 1.09 bits per heavy atom. The van der Waals surface area contributed by atoms with Crippen molar-refractivity contribution in [3.63, 3.8) is 0 Å². The van der Waals surface area contributed by atoms with Gasteiger partial charge >= 0.3 is 6.61 Å². The third-order valence-corrected chi connectivity index (χ3v) is 4.49. The number of methoxy groups -OCH3 is 1. The predicted molar refractivity (Wildman–Crippen MR) is 115 cm³/mol. The maximum absolute atomic E-state index is 12.6. The normalized spacial score (nSPS) is 10.6. The van der Waals surface area contributed by atoms with Gasteiger partial charge in [-0.2, -0.15) is 8.78 Å². The van der Waals surface area contributed by atoms with Crippen LogP contribution in [-0.2, 0) is 11.3 Å². The van der Waals surface area contributed by atoms with Gasteiger partial charge in [0.15, 0.2) is 23.9 Å². The fourth-order valence-corrected chi connectivity index (χ4v) is 2.89. The van der Waals surface area contributed by atoms with Gasteiger partial charge in [-0.05, 0) is 42.0 Å². The summed E-state index contributed by atoms with van der Waals surface area (Å²) >= 11 is 0. The first kappa shape index (κ1) is 23.6. The van der Waals surface area contributed by atoms with Gasteiger partial charge in [0.2, 0.25) is 0 Å². The van der Waals surface area contributed by atoms with Gasteiger partial charge in [0.25, 0.3) is 11.8 Å². The smallest absolute Gasteiger partial charge is 0.387 e. The van der Waals surface area contributed by atoms with Crippen molar-refractivity contribution in [2.24, 2.45) is 0 Å². The van der Waals surface area contributed by atoms with Crippen molar-refractivity contribution in [3.8, 4) is 17.2 Å². The Morgan fingerprint density at radius 2 is 1.91 bits per heavy atom. The number of anilines is 1. The van der Waals surface area contributed by atoms with E-state index in [1.807, 2.05) is 0 Å². The molecule has 1 heterocycles. The number of carbonyl (C=O) groups is 2. The SMILES string of the molecule is COc1ccc(CN(C)C(=O)COc2cccc(NC(=O)c3ccco3)c2)cc1OC(F)F. The van der Waals surface area contributed by atoms with Gasteiger partial charge in [0.1, 0.15) is 5.75 Å². The molecule has 0 saturated heterocycles. The number of alkyl halides is 2. The van der Waals surface area contributed by atoms with E-state index in [0.29, 0.717) is 17.0 Å². The molecule has 0 saturated carbocycles. The lowest BCUT2D eigenvalue weighted by Gasteiger charge is -2.19. The summed E-state index contributed by atoms with van der Waals surface area (Å²) < 4.78 is 45.3. The molecule has 2 amide bonds. The molecule has 0 atom stereocenters. The van der Waals surface area contributed by atoms with Crippen LogP contribution in [0.2, 0.25) is 0 Å². The molecule has 1 N–H and O–H groups in total. The minimum absolute atomic E-state index is 0.115. The Labute approximate surface area is 188 Å². The Bertz CT molecular complexity index is 1090. The second-order valence-electron chi connectivity index (χ2n) is 6.86. The molecule has 0 unspecified atom stereocenters. The van der Waals surface area contributed by atoms with E-state index in [0.717, 1.165) is 0 Å². The second kappa shape index (κ2) is 11.0. The Hall–Kier alpha value is -4.08. The summed E-state index contributed by atoms with van der Waals surface area (Å²) in [5.41, 5.74) is 1.05. The zero-order valence-electron chi connectivity index (χ0n) is 17.9. The second-order valence-corrected chi connectivity index (χ2v) is 6.86. The molecule has 8 nitrogen and oxygen atoms in total. The molecule has 174 valence electrons. The van der Waals surface area contributed by atoms with Crippen LogP contribution in [0.3, 0.4) is 0 Å². The predicted octanol–water partition coefficient (Wildman–Crippen LogP) is 4.18. The van der Waals surface area contributed by atoms with Gasteiger partial charge in [-0.15, -0.1) is 0 Å². The highest BCUT2D eigenvalue weighted by molar-refractivity contribution is 6.02. The van der Waals surface area contributed by atoms with Gasteiger partial charge in [0, 0.05) is 25.3 Å². The van der Waals surface area contributed by atoms with Crippen LogP contribution in [0, 0.1) is 0 Å². The van der Waals surface area contributed by atoms with E-state index in [9.17, 15) is 18.4 Å². The highest BCUT2D eigenvalue weighted by Crippen LogP contribution is 2.30. The van der Waals surface area contributed by atoms with Crippen molar-refractivity contribution in [2.75, 3.05) is 26.1 Å². The number of rotatable bonds is 10. The summed E-state index contributed by atoms with van der Waals surface area (Å²) in [6.45, 7) is -3.12. The van der Waals surface area contributed by atoms with Crippen molar-refractivity contribution in [3.05, 3.63) is 72.2 Å². The van der Waals surface area contributed by atoms with Crippen molar-refractivity contribution in [2.45, 2.75) is 13.2 Å². The third-order valence-electron chi connectivity index (χ3n) is 4.49. The molecule has 0 aliphatic heterocycles. The highest BCUT2D eigenvalue weighted by Gasteiger charge is 2.15. The summed E-state index contributed by atoms with van der Waals surface area (Å²) in [6.07, 6.45) is 1.40. The molecule has 2 aromatic carbocycles. The van der Waals surface area contributed by atoms with Crippen LogP contribution < -0.4 is 19.5 Å². The lowest BCUT2D eigenvalue weighted by Crippen LogP contribution is -2.31. The van der Waals surface area contributed by atoms with Crippen LogP contribution in [-0.4, -0.2) is 44.1 Å². The first-order chi connectivity index (χ1) is 15.9. The molecular weight excluding hydrogens is 438 g/mol. The zero-order valence-corrected chi connectivity index (χ0v) is 17.9. The van der Waals surface area contributed by atoms with E-state index in [4.69, 9.17) is 13.9 Å². The molecule has 0 radical (unpaired) electrons. The van der Waals surface area contributed by atoms with Crippen LogP contribution in [0.4, 0.5) is 14.5 Å². The van der Waals surface area contributed by atoms with Crippen molar-refractivity contribution >= 4 is 17.5 Å². The zero-order chi connectivity index (χ0) is 23.8. The molecule has 1 aromatic heterocycles. The van der Waals surface area contributed by atoms with E-state index >= 15 is 0 Å². The van der Waals surface area contributed by atoms with Gasteiger partial charge in [-0.25, -0.2) is 0 Å². The average Bonchev–Trinajstić information content (AvgIpc) is 3.33. The van der Waals surface area contributed by atoms with Crippen LogP contribution in [0.15, 0.2) is 65.3 Å². The molecule has 0 fully saturated rings.